The zero-order valence-corrected chi connectivity index (χ0v) is 10.3. The van der Waals surface area contributed by atoms with E-state index in [4.69, 9.17) is 15.2 Å². The molecule has 0 bridgehead atoms. The van der Waals surface area contributed by atoms with Crippen molar-refractivity contribution < 1.29 is 9.47 Å². The minimum Gasteiger partial charge on any atom is -0.491 e. The van der Waals surface area contributed by atoms with Crippen LogP contribution in [0.4, 0.5) is 5.69 Å². The summed E-state index contributed by atoms with van der Waals surface area (Å²) in [6.07, 6.45) is 4.27. The summed E-state index contributed by atoms with van der Waals surface area (Å²) in [6.45, 7) is 2.69. The van der Waals surface area contributed by atoms with Crippen LogP contribution in [0.2, 0.25) is 0 Å². The quantitative estimate of drug-likeness (QED) is 0.820. The van der Waals surface area contributed by atoms with Crippen LogP contribution in [0.3, 0.4) is 0 Å². The molecule has 0 radical (unpaired) electrons. The Morgan fingerprint density at radius 3 is 2.72 bits per heavy atom. The lowest BCUT2D eigenvalue weighted by molar-refractivity contribution is 0.318. The van der Waals surface area contributed by atoms with Gasteiger partial charge in [0.1, 0.15) is 17.2 Å². The van der Waals surface area contributed by atoms with Crippen LogP contribution in [0.15, 0.2) is 42.7 Å². The van der Waals surface area contributed by atoms with Crippen molar-refractivity contribution in [1.29, 1.82) is 0 Å². The van der Waals surface area contributed by atoms with Crippen LogP contribution in [-0.4, -0.2) is 11.6 Å². The first-order chi connectivity index (χ1) is 8.81. The molecule has 2 N–H and O–H groups in total. The number of aromatic nitrogens is 1. The Kier molecular flexibility index (Phi) is 4.02. The van der Waals surface area contributed by atoms with Gasteiger partial charge in [-0.2, -0.15) is 0 Å². The summed E-state index contributed by atoms with van der Waals surface area (Å²) < 4.78 is 11.2. The van der Waals surface area contributed by atoms with E-state index in [2.05, 4.69) is 4.98 Å². The highest BCUT2D eigenvalue weighted by Crippen LogP contribution is 2.34. The lowest BCUT2D eigenvalue weighted by Crippen LogP contribution is -2.00. The van der Waals surface area contributed by atoms with E-state index in [1.807, 2.05) is 31.2 Å². The summed E-state index contributed by atoms with van der Waals surface area (Å²) in [5, 5.41) is 0. The minimum atomic E-state index is 0.509. The second-order valence-electron chi connectivity index (χ2n) is 3.81. The van der Waals surface area contributed by atoms with Crippen molar-refractivity contribution in [2.45, 2.75) is 13.3 Å². The first kappa shape index (κ1) is 12.2. The molecule has 0 aliphatic heterocycles. The Morgan fingerprint density at radius 2 is 2.00 bits per heavy atom. The molecule has 4 heteroatoms. The van der Waals surface area contributed by atoms with Gasteiger partial charge in [0, 0.05) is 6.20 Å². The first-order valence-corrected chi connectivity index (χ1v) is 5.90. The van der Waals surface area contributed by atoms with Gasteiger partial charge in [-0.25, -0.2) is 0 Å². The largest absolute Gasteiger partial charge is 0.491 e. The van der Waals surface area contributed by atoms with E-state index in [1.165, 1.54) is 0 Å². The zero-order valence-electron chi connectivity index (χ0n) is 10.3. The maximum Gasteiger partial charge on any atom is 0.154 e. The molecule has 0 fully saturated rings. The van der Waals surface area contributed by atoms with Gasteiger partial charge in [0.2, 0.25) is 0 Å². The number of nitrogen functional groups attached to an aromatic ring is 1. The van der Waals surface area contributed by atoms with Gasteiger partial charge in [-0.3, -0.25) is 4.98 Å². The van der Waals surface area contributed by atoms with Crippen LogP contribution >= 0.6 is 0 Å². The molecule has 0 atom stereocenters. The van der Waals surface area contributed by atoms with E-state index in [-0.39, 0.29) is 0 Å². The Morgan fingerprint density at radius 1 is 1.17 bits per heavy atom. The summed E-state index contributed by atoms with van der Waals surface area (Å²) >= 11 is 0. The molecule has 1 heterocycles. The molecule has 2 rings (SSSR count). The lowest BCUT2D eigenvalue weighted by atomic mass is 10.2. The third-order valence-electron chi connectivity index (χ3n) is 2.35. The van der Waals surface area contributed by atoms with E-state index < -0.39 is 0 Å². The van der Waals surface area contributed by atoms with Crippen molar-refractivity contribution in [3.8, 4) is 17.2 Å². The van der Waals surface area contributed by atoms with Crippen LogP contribution in [0, 0.1) is 0 Å². The van der Waals surface area contributed by atoms with Crippen LogP contribution in [0.1, 0.15) is 13.3 Å². The highest BCUT2D eigenvalue weighted by molar-refractivity contribution is 5.63. The van der Waals surface area contributed by atoms with Crippen LogP contribution in [0.5, 0.6) is 17.2 Å². The fourth-order valence-corrected chi connectivity index (χ4v) is 1.49. The maximum atomic E-state index is 6.00. The Labute approximate surface area is 106 Å². The first-order valence-electron chi connectivity index (χ1n) is 5.90. The van der Waals surface area contributed by atoms with E-state index in [1.54, 1.807) is 18.5 Å². The second-order valence-corrected chi connectivity index (χ2v) is 3.81. The number of benzene rings is 1. The SMILES string of the molecule is CCCOc1cccc(Oc2cccnc2)c1N. The third-order valence-corrected chi connectivity index (χ3v) is 2.35. The van der Waals surface area contributed by atoms with Gasteiger partial charge in [0.15, 0.2) is 5.75 Å². The highest BCUT2D eigenvalue weighted by atomic mass is 16.5. The number of nitrogens with two attached hydrogens (primary N) is 1. The van der Waals surface area contributed by atoms with Crippen molar-refractivity contribution in [3.63, 3.8) is 0 Å². The molecule has 2 aromatic rings. The van der Waals surface area contributed by atoms with Crippen LogP contribution in [-0.2, 0) is 0 Å². The number of pyridine rings is 1. The van der Waals surface area contributed by atoms with E-state index in [0.717, 1.165) is 6.42 Å². The zero-order chi connectivity index (χ0) is 12.8. The molecular formula is C14H16N2O2. The Hall–Kier alpha value is -2.23. The summed E-state index contributed by atoms with van der Waals surface area (Å²) in [5.74, 6) is 1.88. The molecule has 0 spiro atoms. The Bertz CT molecular complexity index is 500. The number of hydrogen-bond donors (Lipinski definition) is 1. The lowest BCUT2D eigenvalue weighted by Gasteiger charge is -2.12. The number of rotatable bonds is 5. The number of hydrogen-bond acceptors (Lipinski definition) is 4. The minimum absolute atomic E-state index is 0.509. The molecule has 0 aliphatic rings. The molecule has 0 saturated heterocycles. The summed E-state index contributed by atoms with van der Waals surface area (Å²) in [4.78, 5) is 3.99. The van der Waals surface area contributed by atoms with Crippen molar-refractivity contribution in [2.75, 3.05) is 12.3 Å². The smallest absolute Gasteiger partial charge is 0.154 e. The second kappa shape index (κ2) is 5.91. The molecular weight excluding hydrogens is 228 g/mol. The average Bonchev–Trinajstić information content (AvgIpc) is 2.41. The molecule has 0 saturated carbocycles. The van der Waals surface area contributed by atoms with Crippen LogP contribution in [0.25, 0.3) is 0 Å². The maximum absolute atomic E-state index is 6.00. The van der Waals surface area contributed by atoms with Crippen molar-refractivity contribution >= 4 is 5.69 Å². The van der Waals surface area contributed by atoms with Gasteiger partial charge in [-0.15, -0.1) is 0 Å². The summed E-state index contributed by atoms with van der Waals surface area (Å²) in [5.41, 5.74) is 6.51. The van der Waals surface area contributed by atoms with Gasteiger partial charge in [-0.05, 0) is 30.7 Å². The van der Waals surface area contributed by atoms with Gasteiger partial charge in [-0.1, -0.05) is 13.0 Å². The fraction of sp³-hybridized carbons (Fsp3) is 0.214. The molecule has 94 valence electrons. The fourth-order valence-electron chi connectivity index (χ4n) is 1.49. The number of nitrogens with zero attached hydrogens (tertiary/aromatic N) is 1. The van der Waals surface area contributed by atoms with E-state index in [0.29, 0.717) is 29.5 Å². The van der Waals surface area contributed by atoms with Crippen molar-refractivity contribution in [2.24, 2.45) is 0 Å². The predicted molar refractivity (Wildman–Crippen MR) is 71.0 cm³/mol. The van der Waals surface area contributed by atoms with Gasteiger partial charge < -0.3 is 15.2 Å². The topological polar surface area (TPSA) is 57.4 Å². The number of ether oxygens (including phenoxy) is 2. The number of para-hydroxylation sites is 1. The third kappa shape index (κ3) is 2.91. The van der Waals surface area contributed by atoms with Gasteiger partial charge in [0.25, 0.3) is 0 Å². The van der Waals surface area contributed by atoms with Gasteiger partial charge >= 0.3 is 0 Å². The highest BCUT2D eigenvalue weighted by Gasteiger charge is 2.07. The standard InChI is InChI=1S/C14H16N2O2/c1-2-9-17-12-6-3-7-13(14(12)15)18-11-5-4-8-16-10-11/h3-8,10H,2,9,15H2,1H3. The summed E-state index contributed by atoms with van der Waals surface area (Å²) in [6, 6.07) is 9.13. The average molecular weight is 244 g/mol. The van der Waals surface area contributed by atoms with Crippen molar-refractivity contribution in [3.05, 3.63) is 42.7 Å². The Balaban J connectivity index is 2.18. The predicted octanol–water partition coefficient (Wildman–Crippen LogP) is 3.24. The summed E-state index contributed by atoms with van der Waals surface area (Å²) in [7, 11) is 0. The van der Waals surface area contributed by atoms with Crippen molar-refractivity contribution in [1.82, 2.24) is 4.98 Å². The molecule has 0 aliphatic carbocycles. The van der Waals surface area contributed by atoms with Gasteiger partial charge in [0.05, 0.1) is 12.8 Å². The molecule has 4 nitrogen and oxygen atoms in total. The van der Waals surface area contributed by atoms with Crippen LogP contribution < -0.4 is 15.2 Å². The van der Waals surface area contributed by atoms with E-state index >= 15 is 0 Å². The molecule has 0 unspecified atom stereocenters. The monoisotopic (exact) mass is 244 g/mol. The van der Waals surface area contributed by atoms with E-state index in [9.17, 15) is 0 Å². The molecule has 1 aromatic heterocycles. The normalized spacial score (nSPS) is 10.1. The molecule has 18 heavy (non-hydrogen) atoms. The molecule has 0 amide bonds. The number of anilines is 1. The molecule has 1 aromatic carbocycles.